The van der Waals surface area contributed by atoms with Crippen molar-refractivity contribution < 1.29 is 4.74 Å². The molecule has 2 N–H and O–H groups in total. The Bertz CT molecular complexity index is 289. The Morgan fingerprint density at radius 1 is 1.40 bits per heavy atom. The molecule has 0 bridgehead atoms. The van der Waals surface area contributed by atoms with Crippen LogP contribution in [0.2, 0.25) is 0 Å². The molecule has 15 heavy (non-hydrogen) atoms. The average Bonchev–Trinajstić information content (AvgIpc) is 2.17. The van der Waals surface area contributed by atoms with Gasteiger partial charge in [-0.15, -0.1) is 11.8 Å². The maximum atomic E-state index is 5.68. The molecule has 0 saturated heterocycles. The fourth-order valence-corrected chi connectivity index (χ4v) is 1.97. The van der Waals surface area contributed by atoms with Crippen LogP contribution in [0.15, 0.2) is 29.2 Å². The number of hydrogen-bond acceptors (Lipinski definition) is 3. The number of benzene rings is 1. The van der Waals surface area contributed by atoms with Crippen LogP contribution in [0, 0.1) is 5.92 Å². The van der Waals surface area contributed by atoms with Crippen LogP contribution in [0.1, 0.15) is 13.8 Å². The summed E-state index contributed by atoms with van der Waals surface area (Å²) in [6.07, 6.45) is 0. The van der Waals surface area contributed by atoms with Gasteiger partial charge < -0.3 is 10.5 Å². The summed E-state index contributed by atoms with van der Waals surface area (Å²) < 4.78 is 5.49. The SMILES string of the molecule is CC(C)COCCSc1cccc(N)c1. The van der Waals surface area contributed by atoms with Gasteiger partial charge in [0.05, 0.1) is 6.61 Å². The fourth-order valence-electron chi connectivity index (χ4n) is 1.14. The largest absolute Gasteiger partial charge is 0.399 e. The lowest BCUT2D eigenvalue weighted by molar-refractivity contribution is 0.124. The quantitative estimate of drug-likeness (QED) is 0.459. The van der Waals surface area contributed by atoms with E-state index in [1.54, 1.807) is 11.8 Å². The van der Waals surface area contributed by atoms with E-state index < -0.39 is 0 Å². The van der Waals surface area contributed by atoms with Crippen molar-refractivity contribution in [2.45, 2.75) is 18.7 Å². The van der Waals surface area contributed by atoms with Crippen molar-refractivity contribution >= 4 is 17.4 Å². The Kier molecular flexibility index (Phi) is 5.58. The van der Waals surface area contributed by atoms with Gasteiger partial charge in [-0.3, -0.25) is 0 Å². The lowest BCUT2D eigenvalue weighted by Crippen LogP contribution is -2.04. The number of thioether (sulfide) groups is 1. The van der Waals surface area contributed by atoms with E-state index >= 15 is 0 Å². The zero-order chi connectivity index (χ0) is 11.1. The fraction of sp³-hybridized carbons (Fsp3) is 0.500. The minimum Gasteiger partial charge on any atom is -0.399 e. The first-order chi connectivity index (χ1) is 7.18. The predicted octanol–water partition coefficient (Wildman–Crippen LogP) is 3.03. The summed E-state index contributed by atoms with van der Waals surface area (Å²) in [6, 6.07) is 7.95. The lowest BCUT2D eigenvalue weighted by atomic mass is 10.2. The monoisotopic (exact) mass is 225 g/mol. The van der Waals surface area contributed by atoms with Gasteiger partial charge in [0.25, 0.3) is 0 Å². The van der Waals surface area contributed by atoms with Crippen LogP contribution in [0.3, 0.4) is 0 Å². The van der Waals surface area contributed by atoms with Crippen LogP contribution in [0.5, 0.6) is 0 Å². The Balaban J connectivity index is 2.15. The second-order valence-electron chi connectivity index (χ2n) is 3.89. The Morgan fingerprint density at radius 2 is 2.20 bits per heavy atom. The van der Waals surface area contributed by atoms with Gasteiger partial charge in [0, 0.05) is 22.9 Å². The van der Waals surface area contributed by atoms with Crippen molar-refractivity contribution in [3.8, 4) is 0 Å². The van der Waals surface area contributed by atoms with Gasteiger partial charge in [0.1, 0.15) is 0 Å². The van der Waals surface area contributed by atoms with Crippen LogP contribution in [0.25, 0.3) is 0 Å². The first-order valence-electron chi connectivity index (χ1n) is 5.24. The van der Waals surface area contributed by atoms with Gasteiger partial charge in [0.2, 0.25) is 0 Å². The van der Waals surface area contributed by atoms with E-state index in [1.807, 2.05) is 18.2 Å². The predicted molar refractivity (Wildman–Crippen MR) is 67.2 cm³/mol. The number of nitrogen functional groups attached to an aromatic ring is 1. The third kappa shape index (κ3) is 5.70. The molecule has 0 aromatic heterocycles. The molecule has 2 nitrogen and oxygen atoms in total. The molecule has 1 rings (SSSR count). The molecule has 1 aromatic rings. The smallest absolute Gasteiger partial charge is 0.0560 e. The van der Waals surface area contributed by atoms with E-state index in [-0.39, 0.29) is 0 Å². The molecular weight excluding hydrogens is 206 g/mol. The third-order valence-electron chi connectivity index (χ3n) is 1.81. The first kappa shape index (κ1) is 12.4. The molecule has 0 unspecified atom stereocenters. The molecule has 1 aromatic carbocycles. The van der Waals surface area contributed by atoms with Crippen molar-refractivity contribution in [3.63, 3.8) is 0 Å². The molecule has 0 aliphatic heterocycles. The molecule has 0 amide bonds. The standard InChI is InChI=1S/C12H19NOS/c1-10(2)9-14-6-7-15-12-5-3-4-11(13)8-12/h3-5,8,10H,6-7,9,13H2,1-2H3. The molecule has 0 heterocycles. The van der Waals surface area contributed by atoms with Gasteiger partial charge in [-0.1, -0.05) is 19.9 Å². The van der Waals surface area contributed by atoms with Crippen molar-refractivity contribution in [1.82, 2.24) is 0 Å². The summed E-state index contributed by atoms with van der Waals surface area (Å²) in [5, 5.41) is 0. The normalized spacial score (nSPS) is 10.9. The highest BCUT2D eigenvalue weighted by Gasteiger charge is 1.96. The van der Waals surface area contributed by atoms with Crippen molar-refractivity contribution in [1.29, 1.82) is 0 Å². The summed E-state index contributed by atoms with van der Waals surface area (Å²) in [6.45, 7) is 5.96. The Morgan fingerprint density at radius 3 is 2.87 bits per heavy atom. The second-order valence-corrected chi connectivity index (χ2v) is 5.06. The van der Waals surface area contributed by atoms with Gasteiger partial charge in [-0.05, 0) is 24.1 Å². The van der Waals surface area contributed by atoms with Crippen molar-refractivity contribution in [2.75, 3.05) is 24.7 Å². The first-order valence-corrected chi connectivity index (χ1v) is 6.23. The third-order valence-corrected chi connectivity index (χ3v) is 2.76. The van der Waals surface area contributed by atoms with Crippen LogP contribution in [-0.2, 0) is 4.74 Å². The maximum Gasteiger partial charge on any atom is 0.0560 e. The van der Waals surface area contributed by atoms with Crippen LogP contribution in [0.4, 0.5) is 5.69 Å². The summed E-state index contributed by atoms with van der Waals surface area (Å²) >= 11 is 1.78. The molecule has 0 aliphatic carbocycles. The van der Waals surface area contributed by atoms with Crippen LogP contribution in [-0.4, -0.2) is 19.0 Å². The van der Waals surface area contributed by atoms with E-state index in [2.05, 4.69) is 19.9 Å². The highest BCUT2D eigenvalue weighted by molar-refractivity contribution is 7.99. The number of anilines is 1. The van der Waals surface area contributed by atoms with Crippen LogP contribution < -0.4 is 5.73 Å². The Labute approximate surface area is 96.2 Å². The minimum absolute atomic E-state index is 0.613. The summed E-state index contributed by atoms with van der Waals surface area (Å²) in [5.41, 5.74) is 6.51. The van der Waals surface area contributed by atoms with Gasteiger partial charge >= 0.3 is 0 Å². The highest BCUT2D eigenvalue weighted by atomic mass is 32.2. The number of nitrogens with two attached hydrogens (primary N) is 1. The zero-order valence-electron chi connectivity index (χ0n) is 9.40. The highest BCUT2D eigenvalue weighted by Crippen LogP contribution is 2.19. The molecule has 0 radical (unpaired) electrons. The van der Waals surface area contributed by atoms with Gasteiger partial charge in [-0.2, -0.15) is 0 Å². The van der Waals surface area contributed by atoms with Gasteiger partial charge in [-0.25, -0.2) is 0 Å². The van der Waals surface area contributed by atoms with Crippen molar-refractivity contribution in [2.24, 2.45) is 5.92 Å². The molecule has 0 spiro atoms. The maximum absolute atomic E-state index is 5.68. The van der Waals surface area contributed by atoms with E-state index in [9.17, 15) is 0 Å². The van der Waals surface area contributed by atoms with E-state index in [1.165, 1.54) is 4.90 Å². The van der Waals surface area contributed by atoms with E-state index in [0.29, 0.717) is 5.92 Å². The molecule has 0 atom stereocenters. The van der Waals surface area contributed by atoms with Crippen LogP contribution >= 0.6 is 11.8 Å². The number of hydrogen-bond donors (Lipinski definition) is 1. The van der Waals surface area contributed by atoms with E-state index in [0.717, 1.165) is 24.7 Å². The lowest BCUT2D eigenvalue weighted by Gasteiger charge is -2.06. The molecule has 84 valence electrons. The second kappa shape index (κ2) is 6.75. The average molecular weight is 225 g/mol. The molecule has 0 aliphatic rings. The summed E-state index contributed by atoms with van der Waals surface area (Å²) in [7, 11) is 0. The van der Waals surface area contributed by atoms with E-state index in [4.69, 9.17) is 10.5 Å². The minimum atomic E-state index is 0.613. The zero-order valence-corrected chi connectivity index (χ0v) is 10.2. The summed E-state index contributed by atoms with van der Waals surface area (Å²) in [5.74, 6) is 1.60. The number of rotatable bonds is 6. The number of ether oxygens (including phenoxy) is 1. The Hall–Kier alpha value is -0.670. The molecule has 0 fully saturated rings. The molecular formula is C12H19NOS. The molecule has 3 heteroatoms. The molecule has 0 saturated carbocycles. The van der Waals surface area contributed by atoms with Gasteiger partial charge in [0.15, 0.2) is 0 Å². The van der Waals surface area contributed by atoms with Crippen molar-refractivity contribution in [3.05, 3.63) is 24.3 Å². The topological polar surface area (TPSA) is 35.2 Å². The summed E-state index contributed by atoms with van der Waals surface area (Å²) in [4.78, 5) is 1.21.